The summed E-state index contributed by atoms with van der Waals surface area (Å²) in [6.07, 6.45) is 0.346. The first kappa shape index (κ1) is 19.3. The number of fused-ring (bicyclic) bond motifs is 1. The second kappa shape index (κ2) is 7.75. The predicted octanol–water partition coefficient (Wildman–Crippen LogP) is 1.44. The van der Waals surface area contributed by atoms with Gasteiger partial charge >= 0.3 is 0 Å². The molecule has 2 N–H and O–H groups in total. The Bertz CT molecular complexity index is 963. The van der Waals surface area contributed by atoms with Gasteiger partial charge in [-0.05, 0) is 35.9 Å². The van der Waals surface area contributed by atoms with Crippen LogP contribution < -0.4 is 5.32 Å². The Balaban J connectivity index is 1.46. The maximum absolute atomic E-state index is 12.9. The number of halogens is 1. The molecule has 2 fully saturated rings. The second-order valence-electron chi connectivity index (χ2n) is 7.24. The van der Waals surface area contributed by atoms with Gasteiger partial charge < -0.3 is 20.2 Å². The first-order valence-electron chi connectivity index (χ1n) is 9.36. The van der Waals surface area contributed by atoms with Gasteiger partial charge in [0.1, 0.15) is 17.8 Å². The maximum atomic E-state index is 12.9. The van der Waals surface area contributed by atoms with Gasteiger partial charge in [-0.15, -0.1) is 0 Å². The highest BCUT2D eigenvalue weighted by molar-refractivity contribution is 6.31. The van der Waals surface area contributed by atoms with E-state index in [2.05, 4.69) is 5.32 Å². The Morgan fingerprint density at radius 2 is 1.90 bits per heavy atom. The molecule has 0 bridgehead atoms. The summed E-state index contributed by atoms with van der Waals surface area (Å²) in [6, 6.07) is 11.9. The standard InChI is InChI=1S/C21H20ClN3O4/c22-15-3-1-2-14(11-15)20(28)24-8-9-25-18(12-24)19(27)23-17(21(25)29)10-13-4-6-16(26)7-5-13/h1-7,11,17-18,26H,8-10,12H2,(H,23,27)/t17-,18+/m0/s1. The monoisotopic (exact) mass is 413 g/mol. The topological polar surface area (TPSA) is 89.9 Å². The lowest BCUT2D eigenvalue weighted by atomic mass is 9.98. The van der Waals surface area contributed by atoms with Crippen molar-refractivity contribution in [3.63, 3.8) is 0 Å². The van der Waals surface area contributed by atoms with Crippen LogP contribution in [-0.2, 0) is 16.0 Å². The molecule has 150 valence electrons. The molecule has 7 nitrogen and oxygen atoms in total. The van der Waals surface area contributed by atoms with Gasteiger partial charge in [-0.3, -0.25) is 14.4 Å². The predicted molar refractivity (Wildman–Crippen MR) is 107 cm³/mol. The van der Waals surface area contributed by atoms with Crippen LogP contribution in [0.5, 0.6) is 5.75 Å². The molecule has 0 aliphatic carbocycles. The van der Waals surface area contributed by atoms with Crippen molar-refractivity contribution in [2.45, 2.75) is 18.5 Å². The second-order valence-corrected chi connectivity index (χ2v) is 7.68. The molecule has 2 aromatic rings. The normalized spacial score (nSPS) is 21.6. The van der Waals surface area contributed by atoms with E-state index in [9.17, 15) is 19.5 Å². The Morgan fingerprint density at radius 3 is 2.62 bits per heavy atom. The minimum absolute atomic E-state index is 0.147. The van der Waals surface area contributed by atoms with Crippen molar-refractivity contribution in [3.05, 3.63) is 64.7 Å². The van der Waals surface area contributed by atoms with Crippen LogP contribution in [0.2, 0.25) is 5.02 Å². The number of nitrogens with zero attached hydrogens (tertiary/aromatic N) is 2. The summed E-state index contributed by atoms with van der Waals surface area (Å²) in [7, 11) is 0. The van der Waals surface area contributed by atoms with Crippen molar-refractivity contribution < 1.29 is 19.5 Å². The number of aromatic hydroxyl groups is 1. The lowest BCUT2D eigenvalue weighted by Crippen LogP contribution is -2.70. The van der Waals surface area contributed by atoms with Crippen LogP contribution in [0.15, 0.2) is 48.5 Å². The average molecular weight is 414 g/mol. The van der Waals surface area contributed by atoms with Crippen molar-refractivity contribution in [1.29, 1.82) is 0 Å². The average Bonchev–Trinajstić information content (AvgIpc) is 2.72. The van der Waals surface area contributed by atoms with Gasteiger partial charge in [0.05, 0.1) is 6.54 Å². The Kier molecular flexibility index (Phi) is 5.15. The Morgan fingerprint density at radius 1 is 1.14 bits per heavy atom. The largest absolute Gasteiger partial charge is 0.508 e. The lowest BCUT2D eigenvalue weighted by Gasteiger charge is -2.45. The highest BCUT2D eigenvalue weighted by Crippen LogP contribution is 2.21. The van der Waals surface area contributed by atoms with Crippen molar-refractivity contribution in [2.24, 2.45) is 0 Å². The summed E-state index contributed by atoms with van der Waals surface area (Å²) in [5.74, 6) is -0.485. The molecule has 0 unspecified atom stereocenters. The van der Waals surface area contributed by atoms with Gasteiger partial charge in [0, 0.05) is 30.1 Å². The summed E-state index contributed by atoms with van der Waals surface area (Å²) in [4.78, 5) is 41.5. The summed E-state index contributed by atoms with van der Waals surface area (Å²) < 4.78 is 0. The summed E-state index contributed by atoms with van der Waals surface area (Å²) in [5.41, 5.74) is 1.30. The minimum Gasteiger partial charge on any atom is -0.508 e. The number of hydrogen-bond acceptors (Lipinski definition) is 4. The van der Waals surface area contributed by atoms with Crippen LogP contribution in [-0.4, -0.2) is 64.3 Å². The maximum Gasteiger partial charge on any atom is 0.254 e. The number of phenolic OH excluding ortho intramolecular Hbond substituents is 1. The van der Waals surface area contributed by atoms with E-state index in [1.54, 1.807) is 58.3 Å². The van der Waals surface area contributed by atoms with Crippen LogP contribution in [0.3, 0.4) is 0 Å². The van der Waals surface area contributed by atoms with Gasteiger partial charge in [-0.1, -0.05) is 29.8 Å². The highest BCUT2D eigenvalue weighted by Gasteiger charge is 2.44. The van der Waals surface area contributed by atoms with Crippen LogP contribution >= 0.6 is 11.6 Å². The smallest absolute Gasteiger partial charge is 0.254 e. The highest BCUT2D eigenvalue weighted by atomic mass is 35.5. The van der Waals surface area contributed by atoms with Crippen molar-refractivity contribution >= 4 is 29.3 Å². The number of carbonyl (C=O) groups excluding carboxylic acids is 3. The molecule has 2 aliphatic rings. The van der Waals surface area contributed by atoms with Crippen molar-refractivity contribution in [2.75, 3.05) is 19.6 Å². The number of piperazine rings is 2. The van der Waals surface area contributed by atoms with Crippen LogP contribution in [0, 0.1) is 0 Å². The zero-order chi connectivity index (χ0) is 20.5. The minimum atomic E-state index is -0.699. The summed E-state index contributed by atoms with van der Waals surface area (Å²) in [5, 5.41) is 12.6. The molecule has 3 amide bonds. The van der Waals surface area contributed by atoms with E-state index in [4.69, 9.17) is 11.6 Å². The number of carbonyl (C=O) groups is 3. The number of phenols is 1. The quantitative estimate of drug-likeness (QED) is 0.796. The number of nitrogens with one attached hydrogen (secondary N) is 1. The van der Waals surface area contributed by atoms with E-state index >= 15 is 0 Å². The Hall–Kier alpha value is -3.06. The SMILES string of the molecule is O=C1N[C@@H](Cc2ccc(O)cc2)C(=O)N2CCN(C(=O)c3cccc(Cl)c3)C[C@H]12. The molecule has 2 aliphatic heterocycles. The molecule has 2 aromatic carbocycles. The number of benzene rings is 2. The van der Waals surface area contributed by atoms with Crippen molar-refractivity contribution in [3.8, 4) is 5.75 Å². The van der Waals surface area contributed by atoms with Gasteiger partial charge in [0.2, 0.25) is 11.8 Å². The van der Waals surface area contributed by atoms with E-state index in [0.29, 0.717) is 30.1 Å². The molecule has 2 saturated heterocycles. The molecule has 0 radical (unpaired) electrons. The third-order valence-corrected chi connectivity index (χ3v) is 5.55. The third-order valence-electron chi connectivity index (χ3n) is 5.32. The molecule has 0 aromatic heterocycles. The number of rotatable bonds is 3. The molecule has 0 spiro atoms. The molecule has 8 heteroatoms. The summed E-state index contributed by atoms with van der Waals surface area (Å²) in [6.45, 7) is 0.803. The molecule has 4 rings (SSSR count). The van der Waals surface area contributed by atoms with Gasteiger partial charge in [-0.2, -0.15) is 0 Å². The first-order valence-corrected chi connectivity index (χ1v) is 9.74. The zero-order valence-electron chi connectivity index (χ0n) is 15.5. The molecule has 29 heavy (non-hydrogen) atoms. The van der Waals surface area contributed by atoms with Gasteiger partial charge in [0.25, 0.3) is 5.91 Å². The molecule has 0 saturated carbocycles. The molecule has 2 heterocycles. The van der Waals surface area contributed by atoms with E-state index < -0.39 is 12.1 Å². The lowest BCUT2D eigenvalue weighted by molar-refractivity contribution is -0.152. The molecular formula is C21H20ClN3O4. The molecular weight excluding hydrogens is 394 g/mol. The number of hydrogen-bond donors (Lipinski definition) is 2. The van der Waals surface area contributed by atoms with E-state index in [1.807, 2.05) is 0 Å². The number of amides is 3. The zero-order valence-corrected chi connectivity index (χ0v) is 16.3. The van der Waals surface area contributed by atoms with Crippen LogP contribution in [0.25, 0.3) is 0 Å². The van der Waals surface area contributed by atoms with Gasteiger partial charge in [-0.25, -0.2) is 0 Å². The van der Waals surface area contributed by atoms with E-state index in [1.165, 1.54) is 0 Å². The fourth-order valence-electron chi connectivity index (χ4n) is 3.80. The van der Waals surface area contributed by atoms with Crippen molar-refractivity contribution in [1.82, 2.24) is 15.1 Å². The van der Waals surface area contributed by atoms with Crippen LogP contribution in [0.1, 0.15) is 15.9 Å². The first-order chi connectivity index (χ1) is 13.9. The van der Waals surface area contributed by atoms with E-state index in [-0.39, 0.29) is 30.0 Å². The van der Waals surface area contributed by atoms with Crippen LogP contribution in [0.4, 0.5) is 0 Å². The Labute approximate surface area is 172 Å². The fraction of sp³-hybridized carbons (Fsp3) is 0.286. The van der Waals surface area contributed by atoms with E-state index in [0.717, 1.165) is 5.56 Å². The fourth-order valence-corrected chi connectivity index (χ4v) is 3.99. The molecule has 2 atom stereocenters. The summed E-state index contributed by atoms with van der Waals surface area (Å²) >= 11 is 5.97. The third kappa shape index (κ3) is 3.91. The van der Waals surface area contributed by atoms with Gasteiger partial charge in [0.15, 0.2) is 0 Å².